The summed E-state index contributed by atoms with van der Waals surface area (Å²) >= 11 is 5.71. The summed E-state index contributed by atoms with van der Waals surface area (Å²) in [6.07, 6.45) is 1.10. The van der Waals surface area contributed by atoms with Crippen molar-refractivity contribution in [2.45, 2.75) is 38.0 Å². The van der Waals surface area contributed by atoms with Gasteiger partial charge in [-0.1, -0.05) is 24.6 Å². The van der Waals surface area contributed by atoms with Crippen LogP contribution in [0.2, 0.25) is 5.02 Å². The van der Waals surface area contributed by atoms with Gasteiger partial charge in [0.1, 0.15) is 11.9 Å². The zero-order chi connectivity index (χ0) is 16.3. The van der Waals surface area contributed by atoms with Crippen molar-refractivity contribution in [1.82, 2.24) is 10.2 Å². The Bertz CT molecular complexity index is 539. The minimum Gasteiger partial charge on any atom is -0.371 e. The summed E-state index contributed by atoms with van der Waals surface area (Å²) < 4.78 is 19.3. The van der Waals surface area contributed by atoms with Gasteiger partial charge in [0.05, 0.1) is 17.1 Å². The first-order chi connectivity index (χ1) is 10.4. The van der Waals surface area contributed by atoms with Crippen LogP contribution >= 0.6 is 11.6 Å². The van der Waals surface area contributed by atoms with Crippen molar-refractivity contribution < 1.29 is 13.9 Å². The normalized spacial score (nSPS) is 22.8. The molecule has 0 aromatic heterocycles. The molecule has 1 amide bonds. The number of nitrogens with zero attached hydrogens (tertiary/aromatic N) is 1. The van der Waals surface area contributed by atoms with Gasteiger partial charge < -0.3 is 10.1 Å². The second-order valence-electron chi connectivity index (χ2n) is 5.76. The molecule has 0 saturated carbocycles. The van der Waals surface area contributed by atoms with Gasteiger partial charge in [0, 0.05) is 6.61 Å². The second kappa shape index (κ2) is 7.40. The van der Waals surface area contributed by atoms with Gasteiger partial charge >= 0.3 is 0 Å². The Hall–Kier alpha value is -1.17. The highest BCUT2D eigenvalue weighted by molar-refractivity contribution is 6.30. The number of halogens is 2. The highest BCUT2D eigenvalue weighted by Gasteiger charge is 2.33. The van der Waals surface area contributed by atoms with E-state index >= 15 is 0 Å². The van der Waals surface area contributed by atoms with E-state index < -0.39 is 5.82 Å². The first-order valence-electron chi connectivity index (χ1n) is 7.47. The molecule has 1 aliphatic rings. The van der Waals surface area contributed by atoms with Crippen molar-refractivity contribution in [2.24, 2.45) is 0 Å². The van der Waals surface area contributed by atoms with Crippen LogP contribution in [0.4, 0.5) is 4.39 Å². The fourth-order valence-electron chi connectivity index (χ4n) is 2.82. The largest absolute Gasteiger partial charge is 0.371 e. The maximum atomic E-state index is 13.6. The van der Waals surface area contributed by atoms with Crippen molar-refractivity contribution >= 4 is 17.5 Å². The fourth-order valence-corrected chi connectivity index (χ4v) is 2.94. The van der Waals surface area contributed by atoms with Gasteiger partial charge in [-0.2, -0.15) is 0 Å². The van der Waals surface area contributed by atoms with E-state index in [4.69, 9.17) is 16.3 Å². The molecule has 22 heavy (non-hydrogen) atoms. The van der Waals surface area contributed by atoms with Gasteiger partial charge in [-0.15, -0.1) is 0 Å². The van der Waals surface area contributed by atoms with Gasteiger partial charge in [0.2, 0.25) is 5.91 Å². The predicted molar refractivity (Wildman–Crippen MR) is 84.4 cm³/mol. The molecule has 1 saturated heterocycles. The Kier molecular flexibility index (Phi) is 5.78. The van der Waals surface area contributed by atoms with E-state index in [1.807, 2.05) is 25.9 Å². The van der Waals surface area contributed by atoms with Gasteiger partial charge in [-0.3, -0.25) is 9.69 Å². The van der Waals surface area contributed by atoms with Gasteiger partial charge in [0.15, 0.2) is 0 Å². The summed E-state index contributed by atoms with van der Waals surface area (Å²) in [7, 11) is 3.76. The molecule has 0 unspecified atom stereocenters. The lowest BCUT2D eigenvalue weighted by molar-refractivity contribution is -0.126. The zero-order valence-corrected chi connectivity index (χ0v) is 13.9. The summed E-state index contributed by atoms with van der Waals surface area (Å²) in [5, 5.41) is 3.12. The Morgan fingerprint density at radius 2 is 2.27 bits per heavy atom. The van der Waals surface area contributed by atoms with Crippen molar-refractivity contribution in [3.05, 3.63) is 34.6 Å². The first-order valence-corrected chi connectivity index (χ1v) is 7.85. The smallest absolute Gasteiger partial charge is 0.237 e. The molecule has 1 aromatic carbocycles. The first kappa shape index (κ1) is 17.2. The highest BCUT2D eigenvalue weighted by atomic mass is 35.5. The number of benzene rings is 1. The fraction of sp³-hybridized carbons (Fsp3) is 0.562. The summed E-state index contributed by atoms with van der Waals surface area (Å²) in [6.45, 7) is 2.51. The molecular formula is C16H22ClFN2O2. The van der Waals surface area contributed by atoms with Crippen LogP contribution in [0.5, 0.6) is 0 Å². The van der Waals surface area contributed by atoms with Gasteiger partial charge in [-0.25, -0.2) is 4.39 Å². The predicted octanol–water partition coefficient (Wildman–Crippen LogP) is 2.77. The van der Waals surface area contributed by atoms with Crippen LogP contribution in [0.25, 0.3) is 0 Å². The summed E-state index contributed by atoms with van der Waals surface area (Å²) in [4.78, 5) is 14.3. The maximum absolute atomic E-state index is 13.6. The quantitative estimate of drug-likeness (QED) is 0.903. The molecule has 1 aromatic rings. The molecule has 3 atom stereocenters. The number of amides is 1. The topological polar surface area (TPSA) is 41.6 Å². The number of carbonyl (C=O) groups is 1. The second-order valence-corrected chi connectivity index (χ2v) is 6.16. The standard InChI is InChI=1S/C16H22ClFN2O2/c1-4-14(20(2)3)16(21)19-13-7-8-22-15(13)10-5-6-11(17)12(18)9-10/h5-6,9,13-15H,4,7-8H2,1-3H3,(H,19,21)/t13-,14-,15+/m1/s1. The van der Waals surface area contributed by atoms with Crippen LogP contribution in [-0.2, 0) is 9.53 Å². The van der Waals surface area contributed by atoms with E-state index in [0.717, 1.165) is 6.42 Å². The molecule has 2 rings (SSSR count). The third-order valence-corrected chi connectivity index (χ3v) is 4.31. The minimum atomic E-state index is -0.473. The van der Waals surface area contributed by atoms with E-state index in [2.05, 4.69) is 5.32 Å². The third kappa shape index (κ3) is 3.77. The number of carbonyl (C=O) groups excluding carboxylic acids is 1. The lowest BCUT2D eigenvalue weighted by Crippen LogP contribution is -2.47. The molecule has 1 aliphatic heterocycles. The highest BCUT2D eigenvalue weighted by Crippen LogP contribution is 2.31. The zero-order valence-electron chi connectivity index (χ0n) is 13.1. The molecule has 0 bridgehead atoms. The summed E-state index contributed by atoms with van der Waals surface area (Å²) in [5.41, 5.74) is 0.697. The van der Waals surface area contributed by atoms with E-state index in [0.29, 0.717) is 18.6 Å². The Labute approximate surface area is 135 Å². The van der Waals surface area contributed by atoms with Gasteiger partial charge in [0.25, 0.3) is 0 Å². The van der Waals surface area contributed by atoms with Crippen LogP contribution in [0.1, 0.15) is 31.4 Å². The number of hydrogen-bond acceptors (Lipinski definition) is 3. The number of nitrogens with one attached hydrogen (secondary N) is 1. The summed E-state index contributed by atoms with van der Waals surface area (Å²) in [5.74, 6) is -0.498. The Balaban J connectivity index is 2.10. The molecule has 1 N–H and O–H groups in total. The van der Waals surface area contributed by atoms with Crippen LogP contribution in [0.3, 0.4) is 0 Å². The lowest BCUT2D eigenvalue weighted by atomic mass is 10.0. The monoisotopic (exact) mass is 328 g/mol. The molecule has 122 valence electrons. The third-order valence-electron chi connectivity index (χ3n) is 4.00. The van der Waals surface area contributed by atoms with Crippen LogP contribution in [-0.4, -0.2) is 43.6 Å². The molecule has 1 heterocycles. The number of hydrogen-bond donors (Lipinski definition) is 1. The van der Waals surface area contributed by atoms with Crippen molar-refractivity contribution in [1.29, 1.82) is 0 Å². The Morgan fingerprint density at radius 3 is 2.86 bits per heavy atom. The molecular weight excluding hydrogens is 307 g/mol. The molecule has 1 fully saturated rings. The minimum absolute atomic E-state index is 0.0255. The lowest BCUT2D eigenvalue weighted by Gasteiger charge is -2.26. The van der Waals surface area contributed by atoms with E-state index in [-0.39, 0.29) is 29.1 Å². The average Bonchev–Trinajstić information content (AvgIpc) is 2.90. The van der Waals surface area contributed by atoms with E-state index in [1.54, 1.807) is 6.07 Å². The van der Waals surface area contributed by atoms with Crippen LogP contribution < -0.4 is 5.32 Å². The van der Waals surface area contributed by atoms with Crippen molar-refractivity contribution in [2.75, 3.05) is 20.7 Å². The Morgan fingerprint density at radius 1 is 1.55 bits per heavy atom. The molecule has 0 aliphatic carbocycles. The van der Waals surface area contributed by atoms with Crippen LogP contribution in [0, 0.1) is 5.82 Å². The number of likely N-dealkylation sites (N-methyl/N-ethyl adjacent to an activating group) is 1. The molecule has 6 heteroatoms. The summed E-state index contributed by atoms with van der Waals surface area (Å²) in [6, 6.07) is 4.30. The average molecular weight is 329 g/mol. The molecule has 0 spiro atoms. The number of ether oxygens (including phenoxy) is 1. The molecule has 0 radical (unpaired) electrons. The van der Waals surface area contributed by atoms with Crippen LogP contribution in [0.15, 0.2) is 18.2 Å². The number of rotatable bonds is 5. The maximum Gasteiger partial charge on any atom is 0.237 e. The van der Waals surface area contributed by atoms with Gasteiger partial charge in [-0.05, 0) is 44.6 Å². The van der Waals surface area contributed by atoms with Crippen molar-refractivity contribution in [3.8, 4) is 0 Å². The van der Waals surface area contributed by atoms with E-state index in [1.165, 1.54) is 12.1 Å². The SMILES string of the molecule is CC[C@H](C(=O)N[C@@H]1CCO[C@H]1c1ccc(Cl)c(F)c1)N(C)C. The van der Waals surface area contributed by atoms with Crippen molar-refractivity contribution in [3.63, 3.8) is 0 Å². The molecule has 4 nitrogen and oxygen atoms in total. The van der Waals surface area contributed by atoms with E-state index in [9.17, 15) is 9.18 Å².